The second kappa shape index (κ2) is 8.98. The van der Waals surface area contributed by atoms with Crippen LogP contribution in [0.25, 0.3) is 10.8 Å². The van der Waals surface area contributed by atoms with Crippen LogP contribution in [0.4, 0.5) is 11.4 Å². The fraction of sp³-hybridized carbons (Fsp3) is 0.346. The van der Waals surface area contributed by atoms with Crippen LogP contribution >= 0.6 is 0 Å². The summed E-state index contributed by atoms with van der Waals surface area (Å²) in [7, 11) is 3.83. The Kier molecular flexibility index (Phi) is 6.14. The van der Waals surface area contributed by atoms with Gasteiger partial charge in [0.05, 0.1) is 13.0 Å². The number of methoxy groups -OCH3 is 1. The molecular formula is C26H31N3O2. The normalized spacial score (nSPS) is 15.7. The molecule has 1 atom stereocenters. The number of nitrogens with zero attached hydrogens (tertiary/aromatic N) is 2. The van der Waals surface area contributed by atoms with Crippen molar-refractivity contribution in [2.45, 2.75) is 19.8 Å². The molecule has 0 unspecified atom stereocenters. The van der Waals surface area contributed by atoms with Gasteiger partial charge in [-0.3, -0.25) is 4.79 Å². The van der Waals surface area contributed by atoms with Gasteiger partial charge in [0.2, 0.25) is 5.91 Å². The molecule has 5 heteroatoms. The Bertz CT molecular complexity index is 1090. The Morgan fingerprint density at radius 2 is 1.68 bits per heavy atom. The van der Waals surface area contributed by atoms with E-state index in [0.29, 0.717) is 0 Å². The average molecular weight is 418 g/mol. The van der Waals surface area contributed by atoms with Gasteiger partial charge in [0, 0.05) is 37.6 Å². The first-order valence-electron chi connectivity index (χ1n) is 10.9. The Hall–Kier alpha value is -3.05. The van der Waals surface area contributed by atoms with Gasteiger partial charge in [-0.2, -0.15) is 0 Å². The Balaban J connectivity index is 1.46. The van der Waals surface area contributed by atoms with E-state index in [1.54, 1.807) is 7.11 Å². The topological polar surface area (TPSA) is 44.8 Å². The molecule has 1 saturated heterocycles. The second-order valence-corrected chi connectivity index (χ2v) is 8.47. The third-order valence-corrected chi connectivity index (χ3v) is 6.30. The Morgan fingerprint density at radius 3 is 2.39 bits per heavy atom. The molecule has 5 nitrogen and oxygen atoms in total. The average Bonchev–Trinajstić information content (AvgIpc) is 2.79. The molecule has 0 saturated carbocycles. The summed E-state index contributed by atoms with van der Waals surface area (Å²) in [5.74, 6) is 0.591. The maximum absolute atomic E-state index is 13.0. The molecular weight excluding hydrogens is 386 g/mol. The fourth-order valence-electron chi connectivity index (χ4n) is 4.08. The molecule has 1 fully saturated rings. The molecule has 1 aliphatic heterocycles. The van der Waals surface area contributed by atoms with Gasteiger partial charge in [-0.05, 0) is 73.1 Å². The standard InChI is InChI=1S/C26H31N3O2/c1-18-15-23(29-13-11-28(3)12-14-29)8-10-25(18)27-26(30)19(2)20-5-6-22-17-24(31-4)9-7-21(22)16-20/h5-10,15-17,19H,11-14H2,1-4H3,(H,27,30)/t19-/m0/s1. The van der Waals surface area contributed by atoms with Crippen LogP contribution in [0.3, 0.4) is 0 Å². The lowest BCUT2D eigenvalue weighted by Gasteiger charge is -2.34. The van der Waals surface area contributed by atoms with Crippen molar-refractivity contribution < 1.29 is 9.53 Å². The number of hydrogen-bond donors (Lipinski definition) is 1. The van der Waals surface area contributed by atoms with E-state index >= 15 is 0 Å². The van der Waals surface area contributed by atoms with E-state index in [4.69, 9.17) is 4.74 Å². The van der Waals surface area contributed by atoms with Crippen molar-refractivity contribution in [2.75, 3.05) is 50.6 Å². The van der Waals surface area contributed by atoms with E-state index in [0.717, 1.165) is 59.5 Å². The predicted octanol–water partition coefficient (Wildman–Crippen LogP) is 4.65. The number of fused-ring (bicyclic) bond motifs is 1. The summed E-state index contributed by atoms with van der Waals surface area (Å²) in [5.41, 5.74) is 4.19. The quantitative estimate of drug-likeness (QED) is 0.656. The molecule has 1 N–H and O–H groups in total. The van der Waals surface area contributed by atoms with Gasteiger partial charge in [-0.15, -0.1) is 0 Å². The van der Waals surface area contributed by atoms with E-state index in [2.05, 4.69) is 47.3 Å². The first-order valence-corrected chi connectivity index (χ1v) is 10.9. The summed E-state index contributed by atoms with van der Waals surface area (Å²) in [6.07, 6.45) is 0. The molecule has 0 bridgehead atoms. The summed E-state index contributed by atoms with van der Waals surface area (Å²) >= 11 is 0. The lowest BCUT2D eigenvalue weighted by molar-refractivity contribution is -0.117. The highest BCUT2D eigenvalue weighted by Crippen LogP contribution is 2.28. The maximum Gasteiger partial charge on any atom is 0.231 e. The summed E-state index contributed by atoms with van der Waals surface area (Å²) in [6, 6.07) is 18.5. The number of amides is 1. The number of carbonyl (C=O) groups excluding carboxylic acids is 1. The zero-order chi connectivity index (χ0) is 22.0. The van der Waals surface area contributed by atoms with Crippen LogP contribution in [-0.4, -0.2) is 51.1 Å². The largest absolute Gasteiger partial charge is 0.497 e. The van der Waals surface area contributed by atoms with E-state index < -0.39 is 0 Å². The molecule has 0 aliphatic carbocycles. The smallest absolute Gasteiger partial charge is 0.231 e. The molecule has 1 amide bonds. The van der Waals surface area contributed by atoms with Crippen molar-refractivity contribution >= 4 is 28.1 Å². The zero-order valence-corrected chi connectivity index (χ0v) is 18.8. The van der Waals surface area contributed by atoms with E-state index in [-0.39, 0.29) is 11.8 Å². The van der Waals surface area contributed by atoms with Crippen LogP contribution < -0.4 is 15.0 Å². The number of benzene rings is 3. The summed E-state index contributed by atoms with van der Waals surface area (Å²) in [4.78, 5) is 17.7. The van der Waals surface area contributed by atoms with Crippen molar-refractivity contribution in [3.8, 4) is 5.75 Å². The SMILES string of the molecule is COc1ccc2cc([C@H](C)C(=O)Nc3ccc(N4CCN(C)CC4)cc3C)ccc2c1. The van der Waals surface area contributed by atoms with Crippen LogP contribution in [0, 0.1) is 6.92 Å². The van der Waals surface area contributed by atoms with Gasteiger partial charge in [-0.1, -0.05) is 24.3 Å². The lowest BCUT2D eigenvalue weighted by atomic mass is 9.96. The summed E-state index contributed by atoms with van der Waals surface area (Å²) in [6.45, 7) is 8.23. The van der Waals surface area contributed by atoms with Crippen LogP contribution in [0.5, 0.6) is 5.75 Å². The number of nitrogens with one attached hydrogen (secondary N) is 1. The van der Waals surface area contributed by atoms with Crippen LogP contribution in [0.2, 0.25) is 0 Å². The van der Waals surface area contributed by atoms with Gasteiger partial charge in [0.1, 0.15) is 5.75 Å². The third kappa shape index (κ3) is 4.67. The van der Waals surface area contributed by atoms with Crippen LogP contribution in [-0.2, 0) is 4.79 Å². The van der Waals surface area contributed by atoms with Gasteiger partial charge in [0.15, 0.2) is 0 Å². The Morgan fingerprint density at radius 1 is 0.968 bits per heavy atom. The van der Waals surface area contributed by atoms with Gasteiger partial charge in [-0.25, -0.2) is 0 Å². The fourth-order valence-corrected chi connectivity index (χ4v) is 4.08. The zero-order valence-electron chi connectivity index (χ0n) is 18.8. The second-order valence-electron chi connectivity index (χ2n) is 8.47. The number of likely N-dealkylation sites (N-methyl/N-ethyl adjacent to an activating group) is 1. The number of anilines is 2. The molecule has 31 heavy (non-hydrogen) atoms. The molecule has 3 aromatic rings. The molecule has 0 spiro atoms. The number of piperazine rings is 1. The maximum atomic E-state index is 13.0. The van der Waals surface area contributed by atoms with Crippen molar-refractivity contribution in [3.05, 3.63) is 65.7 Å². The van der Waals surface area contributed by atoms with Gasteiger partial charge < -0.3 is 19.9 Å². The van der Waals surface area contributed by atoms with Gasteiger partial charge in [0.25, 0.3) is 0 Å². The van der Waals surface area contributed by atoms with E-state index in [9.17, 15) is 4.79 Å². The first kappa shape index (κ1) is 21.2. The molecule has 162 valence electrons. The van der Waals surface area contributed by atoms with E-state index in [1.165, 1.54) is 5.69 Å². The number of ether oxygens (including phenoxy) is 1. The minimum atomic E-state index is -0.247. The molecule has 4 rings (SSSR count). The highest BCUT2D eigenvalue weighted by molar-refractivity contribution is 5.97. The Labute approximate surface area is 184 Å². The number of aryl methyl sites for hydroxylation is 1. The molecule has 0 aromatic heterocycles. The number of carbonyl (C=O) groups is 1. The van der Waals surface area contributed by atoms with Crippen molar-refractivity contribution in [3.63, 3.8) is 0 Å². The van der Waals surface area contributed by atoms with Crippen molar-refractivity contribution in [1.29, 1.82) is 0 Å². The lowest BCUT2D eigenvalue weighted by Crippen LogP contribution is -2.44. The van der Waals surface area contributed by atoms with Crippen molar-refractivity contribution in [1.82, 2.24) is 4.90 Å². The molecule has 1 aliphatic rings. The molecule has 0 radical (unpaired) electrons. The van der Waals surface area contributed by atoms with Crippen LogP contribution in [0.15, 0.2) is 54.6 Å². The number of rotatable bonds is 5. The minimum absolute atomic E-state index is 0.00306. The highest BCUT2D eigenvalue weighted by atomic mass is 16.5. The van der Waals surface area contributed by atoms with Crippen molar-refractivity contribution in [2.24, 2.45) is 0 Å². The molecule has 3 aromatic carbocycles. The summed E-state index contributed by atoms with van der Waals surface area (Å²) < 4.78 is 5.30. The third-order valence-electron chi connectivity index (χ3n) is 6.30. The molecule has 1 heterocycles. The minimum Gasteiger partial charge on any atom is -0.497 e. The monoisotopic (exact) mass is 417 g/mol. The van der Waals surface area contributed by atoms with Crippen LogP contribution in [0.1, 0.15) is 24.0 Å². The predicted molar refractivity (Wildman–Crippen MR) is 128 cm³/mol. The summed E-state index contributed by atoms with van der Waals surface area (Å²) in [5, 5.41) is 5.33. The van der Waals surface area contributed by atoms with E-state index in [1.807, 2.05) is 43.3 Å². The highest BCUT2D eigenvalue weighted by Gasteiger charge is 2.18. The first-order chi connectivity index (χ1) is 14.9. The number of hydrogen-bond acceptors (Lipinski definition) is 4. The van der Waals surface area contributed by atoms with Gasteiger partial charge >= 0.3 is 0 Å².